The minimum absolute atomic E-state index is 0.0952. The van der Waals surface area contributed by atoms with Crippen molar-refractivity contribution in [2.24, 2.45) is 0 Å². The molecule has 3 nitrogen and oxygen atoms in total. The third-order valence-electron chi connectivity index (χ3n) is 13.5. The SMILES string of the molecule is CC1(C)C2=C(c3ccccc31)C(C)(C)c1cc(N(c3ccc(-n4c5ccccc5c5ccccc54)cc3)c3ccc4c(c3)c3ccccc3n4-c3ccc(F)cc3)ccc12. The van der Waals surface area contributed by atoms with Gasteiger partial charge in [0, 0.05) is 60.8 Å². The molecule has 2 heterocycles. The topological polar surface area (TPSA) is 13.1 Å². The summed E-state index contributed by atoms with van der Waals surface area (Å²) >= 11 is 0. The molecular weight excluding hydrogens is 734 g/mol. The van der Waals surface area contributed by atoms with E-state index >= 15 is 0 Å². The van der Waals surface area contributed by atoms with Gasteiger partial charge >= 0.3 is 0 Å². The maximum absolute atomic E-state index is 14.1. The first-order valence-corrected chi connectivity index (χ1v) is 20.9. The van der Waals surface area contributed by atoms with Crippen LogP contribution in [0, 0.1) is 5.82 Å². The lowest BCUT2D eigenvalue weighted by Gasteiger charge is -2.31. The Morgan fingerprint density at radius 2 is 0.817 bits per heavy atom. The molecule has 10 aromatic rings. The van der Waals surface area contributed by atoms with Crippen molar-refractivity contribution in [2.75, 3.05) is 4.90 Å². The zero-order valence-electron chi connectivity index (χ0n) is 34.0. The Bertz CT molecular complexity index is 3380. The van der Waals surface area contributed by atoms with Crippen molar-refractivity contribution in [3.05, 3.63) is 210 Å². The summed E-state index contributed by atoms with van der Waals surface area (Å²) in [5.74, 6) is -0.243. The Balaban J connectivity index is 1.05. The quantitative estimate of drug-likeness (QED) is 0.170. The van der Waals surface area contributed by atoms with E-state index in [1.807, 2.05) is 12.1 Å². The number of para-hydroxylation sites is 3. The molecule has 0 atom stereocenters. The number of hydrogen-bond acceptors (Lipinski definition) is 1. The molecule has 0 saturated heterocycles. The van der Waals surface area contributed by atoms with Gasteiger partial charge in [0.15, 0.2) is 0 Å². The van der Waals surface area contributed by atoms with Crippen LogP contribution >= 0.6 is 0 Å². The minimum atomic E-state index is -0.243. The molecule has 0 spiro atoms. The first-order valence-electron chi connectivity index (χ1n) is 20.9. The predicted octanol–water partition coefficient (Wildman–Crippen LogP) is 15.0. The van der Waals surface area contributed by atoms with Gasteiger partial charge < -0.3 is 14.0 Å². The molecule has 60 heavy (non-hydrogen) atoms. The fourth-order valence-electron chi connectivity index (χ4n) is 10.9. The number of allylic oxidation sites excluding steroid dienone is 2. The van der Waals surface area contributed by atoms with Gasteiger partial charge in [0.1, 0.15) is 5.82 Å². The Labute approximate surface area is 348 Å². The Hall–Kier alpha value is -7.17. The summed E-state index contributed by atoms with van der Waals surface area (Å²) in [6, 6.07) is 64.6. The van der Waals surface area contributed by atoms with E-state index < -0.39 is 0 Å². The van der Waals surface area contributed by atoms with Gasteiger partial charge in [-0.1, -0.05) is 113 Å². The summed E-state index contributed by atoms with van der Waals surface area (Å²) in [5.41, 5.74) is 17.9. The summed E-state index contributed by atoms with van der Waals surface area (Å²) in [5, 5.41) is 4.79. The van der Waals surface area contributed by atoms with Gasteiger partial charge in [-0.15, -0.1) is 0 Å². The molecule has 0 unspecified atom stereocenters. The maximum atomic E-state index is 14.1. The molecular formula is C56H42FN3. The second-order valence-electron chi connectivity index (χ2n) is 17.5. The highest BCUT2D eigenvalue weighted by Gasteiger charge is 2.49. The fourth-order valence-corrected chi connectivity index (χ4v) is 10.9. The largest absolute Gasteiger partial charge is 0.310 e. The highest BCUT2D eigenvalue weighted by molar-refractivity contribution is 6.12. The van der Waals surface area contributed by atoms with Crippen LogP contribution in [-0.2, 0) is 10.8 Å². The molecule has 0 saturated carbocycles. The number of benzene rings is 8. The lowest BCUT2D eigenvalue weighted by molar-refractivity contribution is 0.627. The number of anilines is 3. The summed E-state index contributed by atoms with van der Waals surface area (Å²) < 4.78 is 18.8. The van der Waals surface area contributed by atoms with E-state index in [1.54, 1.807) is 0 Å². The lowest BCUT2D eigenvalue weighted by atomic mass is 9.76. The van der Waals surface area contributed by atoms with Crippen LogP contribution in [0.25, 0.3) is 66.1 Å². The number of fused-ring (bicyclic) bond motifs is 10. The molecule has 4 heteroatoms. The van der Waals surface area contributed by atoms with Crippen molar-refractivity contribution in [1.82, 2.24) is 9.13 Å². The third kappa shape index (κ3) is 4.76. The monoisotopic (exact) mass is 775 g/mol. The molecule has 2 aliphatic carbocycles. The molecule has 0 radical (unpaired) electrons. The van der Waals surface area contributed by atoms with Gasteiger partial charge in [0.2, 0.25) is 0 Å². The van der Waals surface area contributed by atoms with Crippen molar-refractivity contribution >= 4 is 71.8 Å². The maximum Gasteiger partial charge on any atom is 0.123 e. The average Bonchev–Trinajstić information content (AvgIpc) is 3.94. The van der Waals surface area contributed by atoms with Crippen LogP contribution in [0.4, 0.5) is 21.5 Å². The predicted molar refractivity (Wildman–Crippen MR) is 249 cm³/mol. The number of aromatic nitrogens is 2. The van der Waals surface area contributed by atoms with E-state index in [0.29, 0.717) is 0 Å². The van der Waals surface area contributed by atoms with Crippen molar-refractivity contribution in [1.29, 1.82) is 0 Å². The molecule has 0 bridgehead atoms. The van der Waals surface area contributed by atoms with Gasteiger partial charge in [-0.05, 0) is 130 Å². The van der Waals surface area contributed by atoms with Crippen molar-refractivity contribution in [3.63, 3.8) is 0 Å². The van der Waals surface area contributed by atoms with Gasteiger partial charge in [-0.25, -0.2) is 4.39 Å². The highest BCUT2D eigenvalue weighted by Crippen LogP contribution is 2.63. The van der Waals surface area contributed by atoms with Crippen LogP contribution in [0.3, 0.4) is 0 Å². The summed E-state index contributed by atoms with van der Waals surface area (Å²) in [4.78, 5) is 2.41. The van der Waals surface area contributed by atoms with E-state index in [0.717, 1.165) is 50.2 Å². The van der Waals surface area contributed by atoms with Crippen LogP contribution in [0.1, 0.15) is 49.9 Å². The fraction of sp³-hybridized carbons (Fsp3) is 0.107. The minimum Gasteiger partial charge on any atom is -0.310 e. The number of rotatable bonds is 5. The number of nitrogens with zero attached hydrogens (tertiary/aromatic N) is 3. The van der Waals surface area contributed by atoms with Gasteiger partial charge in [-0.3, -0.25) is 0 Å². The lowest BCUT2D eigenvalue weighted by Crippen LogP contribution is -2.20. The van der Waals surface area contributed by atoms with Gasteiger partial charge in [0.25, 0.3) is 0 Å². The molecule has 0 fully saturated rings. The normalized spacial score (nSPS) is 14.9. The first kappa shape index (κ1) is 34.8. The summed E-state index contributed by atoms with van der Waals surface area (Å²) in [7, 11) is 0. The first-order chi connectivity index (χ1) is 29.2. The molecule has 12 rings (SSSR count). The zero-order chi connectivity index (χ0) is 40.5. The average molecular weight is 776 g/mol. The van der Waals surface area contributed by atoms with E-state index in [4.69, 9.17) is 0 Å². The van der Waals surface area contributed by atoms with Gasteiger partial charge in [-0.2, -0.15) is 0 Å². The molecule has 2 aliphatic rings. The van der Waals surface area contributed by atoms with Crippen molar-refractivity contribution in [3.8, 4) is 11.4 Å². The molecule has 288 valence electrons. The molecule has 0 aliphatic heterocycles. The number of halogens is 1. The summed E-state index contributed by atoms with van der Waals surface area (Å²) in [6.07, 6.45) is 0. The van der Waals surface area contributed by atoms with E-state index in [9.17, 15) is 4.39 Å². The molecule has 0 N–H and O–H groups in total. The molecule has 0 amide bonds. The molecule has 2 aromatic heterocycles. The van der Waals surface area contributed by atoms with Crippen LogP contribution < -0.4 is 4.90 Å². The van der Waals surface area contributed by atoms with E-state index in [2.05, 4.69) is 199 Å². The zero-order valence-corrected chi connectivity index (χ0v) is 34.0. The van der Waals surface area contributed by atoms with Crippen LogP contribution in [-0.4, -0.2) is 9.13 Å². The Kier molecular flexibility index (Phi) is 7.21. The smallest absolute Gasteiger partial charge is 0.123 e. The molecule has 8 aromatic carbocycles. The number of hydrogen-bond donors (Lipinski definition) is 0. The third-order valence-corrected chi connectivity index (χ3v) is 13.5. The van der Waals surface area contributed by atoms with Crippen LogP contribution in [0.2, 0.25) is 0 Å². The highest BCUT2D eigenvalue weighted by atomic mass is 19.1. The van der Waals surface area contributed by atoms with Gasteiger partial charge in [0.05, 0.1) is 22.1 Å². The van der Waals surface area contributed by atoms with E-state index in [1.165, 1.54) is 67.3 Å². The van der Waals surface area contributed by atoms with Crippen molar-refractivity contribution in [2.45, 2.75) is 38.5 Å². The van der Waals surface area contributed by atoms with Crippen LogP contribution in [0.15, 0.2) is 182 Å². The second-order valence-corrected chi connectivity index (χ2v) is 17.5. The second kappa shape index (κ2) is 12.4. The Morgan fingerprint density at radius 3 is 1.43 bits per heavy atom. The van der Waals surface area contributed by atoms with Crippen molar-refractivity contribution < 1.29 is 4.39 Å². The van der Waals surface area contributed by atoms with Crippen LogP contribution in [0.5, 0.6) is 0 Å². The van der Waals surface area contributed by atoms with E-state index in [-0.39, 0.29) is 16.6 Å². The standard InChI is InChI=1S/C56H42FN3/c1-55(2)47-17-9-5-16-44(47)53-54(55)45-31-29-40(34-48(45)56(53,3)4)58(36-25-27-38(28-26-36)59-49-18-10-6-13-41(49)42-14-7-11-19-50(42)59)39-30-32-52-46(33-39)43-15-8-12-20-51(43)60(52)37-23-21-35(57)22-24-37/h5-34H,1-4H3. The summed E-state index contributed by atoms with van der Waals surface area (Å²) in [6.45, 7) is 9.57. The Morgan fingerprint density at radius 1 is 0.383 bits per heavy atom.